The van der Waals surface area contributed by atoms with Gasteiger partial charge in [0.2, 0.25) is 5.91 Å². The van der Waals surface area contributed by atoms with Gasteiger partial charge in [-0.3, -0.25) is 4.79 Å². The number of amides is 1. The molecule has 1 spiro atoms. The lowest BCUT2D eigenvalue weighted by molar-refractivity contribution is -0.138. The van der Waals surface area contributed by atoms with Crippen molar-refractivity contribution >= 4 is 5.91 Å². The number of rotatable bonds is 2. The summed E-state index contributed by atoms with van der Waals surface area (Å²) in [6, 6.07) is 6.85. The number of piperidine rings is 1. The van der Waals surface area contributed by atoms with E-state index in [9.17, 15) is 4.79 Å². The molecular weight excluding hydrogens is 274 g/mol. The van der Waals surface area contributed by atoms with E-state index in [2.05, 4.69) is 23.1 Å². The molecule has 3 nitrogen and oxygen atoms in total. The minimum absolute atomic E-state index is 0.238. The molecule has 0 unspecified atom stereocenters. The van der Waals surface area contributed by atoms with Crippen LogP contribution >= 0.6 is 0 Å². The molecule has 2 aliphatic heterocycles. The lowest BCUT2D eigenvalue weighted by atomic mass is 9.79. The number of benzene rings is 1. The summed E-state index contributed by atoms with van der Waals surface area (Å²) in [4.78, 5) is 14.4. The molecule has 22 heavy (non-hydrogen) atoms. The predicted octanol–water partition coefficient (Wildman–Crippen LogP) is 3.09. The van der Waals surface area contributed by atoms with Crippen LogP contribution < -0.4 is 0 Å². The van der Waals surface area contributed by atoms with Gasteiger partial charge in [-0.1, -0.05) is 18.2 Å². The Kier molecular flexibility index (Phi) is 3.69. The van der Waals surface area contributed by atoms with Crippen molar-refractivity contribution in [2.24, 2.45) is 5.41 Å². The van der Waals surface area contributed by atoms with E-state index in [0.29, 0.717) is 12.3 Å². The first-order valence-electron chi connectivity index (χ1n) is 8.70. The molecule has 0 radical (unpaired) electrons. The third-order valence-corrected chi connectivity index (χ3v) is 5.72. The number of fused-ring (bicyclic) bond motifs is 1. The Morgan fingerprint density at radius 3 is 2.77 bits per heavy atom. The summed E-state index contributed by atoms with van der Waals surface area (Å²) in [7, 11) is 0. The maximum atomic E-state index is 12.3. The van der Waals surface area contributed by atoms with E-state index >= 15 is 0 Å². The van der Waals surface area contributed by atoms with E-state index in [1.165, 1.54) is 42.4 Å². The molecule has 3 aliphatic rings. The maximum Gasteiger partial charge on any atom is 0.222 e. The Bertz CT molecular complexity index is 575. The van der Waals surface area contributed by atoms with Gasteiger partial charge in [-0.25, -0.2) is 0 Å². The van der Waals surface area contributed by atoms with Crippen LogP contribution in [0.5, 0.6) is 0 Å². The lowest BCUT2D eigenvalue weighted by Gasteiger charge is -2.39. The van der Waals surface area contributed by atoms with Crippen LogP contribution in [0, 0.1) is 5.41 Å². The van der Waals surface area contributed by atoms with E-state index < -0.39 is 0 Å². The zero-order valence-electron chi connectivity index (χ0n) is 13.3. The van der Waals surface area contributed by atoms with Gasteiger partial charge < -0.3 is 9.64 Å². The monoisotopic (exact) mass is 299 g/mol. The van der Waals surface area contributed by atoms with Crippen molar-refractivity contribution in [2.75, 3.05) is 19.8 Å². The van der Waals surface area contributed by atoms with Crippen LogP contribution in [-0.4, -0.2) is 30.6 Å². The topological polar surface area (TPSA) is 29.5 Å². The van der Waals surface area contributed by atoms with Crippen LogP contribution in [0.1, 0.15) is 48.8 Å². The molecule has 1 amide bonds. The van der Waals surface area contributed by atoms with Crippen LogP contribution in [0.2, 0.25) is 0 Å². The molecule has 0 aromatic heterocycles. The first-order valence-corrected chi connectivity index (χ1v) is 8.70. The predicted molar refractivity (Wildman–Crippen MR) is 85.6 cm³/mol. The first kappa shape index (κ1) is 14.3. The number of carbonyl (C=O) groups is 1. The van der Waals surface area contributed by atoms with Gasteiger partial charge in [0.05, 0.1) is 6.61 Å². The molecule has 1 atom stereocenters. The fourth-order valence-electron chi connectivity index (χ4n) is 4.32. The summed E-state index contributed by atoms with van der Waals surface area (Å²) in [5.74, 6) is 0.315. The number of nitrogens with zero attached hydrogens (tertiary/aromatic N) is 1. The molecule has 2 fully saturated rings. The Morgan fingerprint density at radius 1 is 1.09 bits per heavy atom. The van der Waals surface area contributed by atoms with Crippen LogP contribution in [0.25, 0.3) is 0 Å². The molecule has 0 N–H and O–H groups in total. The standard InChI is InChI=1S/C19H25NO2/c21-18-7-8-19(9-10-22-14-19)13-20(18)12-15-5-6-16-3-1-2-4-17(16)11-15/h5-6,11H,1-4,7-10,12-14H2/t19-/m0/s1. The Morgan fingerprint density at radius 2 is 1.95 bits per heavy atom. The number of hydrogen-bond donors (Lipinski definition) is 0. The fraction of sp³-hybridized carbons (Fsp3) is 0.632. The summed E-state index contributed by atoms with van der Waals surface area (Å²) in [5, 5.41) is 0. The van der Waals surface area contributed by atoms with E-state index in [1.807, 2.05) is 0 Å². The van der Waals surface area contributed by atoms with Crippen LogP contribution in [0.4, 0.5) is 0 Å². The highest BCUT2D eigenvalue weighted by atomic mass is 16.5. The number of carbonyl (C=O) groups excluding carboxylic acids is 1. The quantitative estimate of drug-likeness (QED) is 0.840. The van der Waals surface area contributed by atoms with Gasteiger partial charge in [-0.2, -0.15) is 0 Å². The molecule has 2 saturated heterocycles. The van der Waals surface area contributed by atoms with E-state index in [-0.39, 0.29) is 5.41 Å². The molecule has 3 heteroatoms. The summed E-state index contributed by atoms with van der Waals surface area (Å²) in [6.45, 7) is 3.35. The molecular formula is C19H25NO2. The van der Waals surface area contributed by atoms with Crippen molar-refractivity contribution in [3.05, 3.63) is 34.9 Å². The summed E-state index contributed by atoms with van der Waals surface area (Å²) in [6.07, 6.45) is 7.86. The molecule has 4 rings (SSSR count). The average molecular weight is 299 g/mol. The van der Waals surface area contributed by atoms with E-state index in [1.54, 1.807) is 0 Å². The van der Waals surface area contributed by atoms with Gasteiger partial charge in [-0.05, 0) is 55.2 Å². The van der Waals surface area contributed by atoms with Gasteiger partial charge in [0.1, 0.15) is 0 Å². The molecule has 2 heterocycles. The Hall–Kier alpha value is -1.35. The Labute approximate surface area is 132 Å². The smallest absolute Gasteiger partial charge is 0.222 e. The fourth-order valence-corrected chi connectivity index (χ4v) is 4.32. The third-order valence-electron chi connectivity index (χ3n) is 5.72. The van der Waals surface area contributed by atoms with Crippen LogP contribution in [0.15, 0.2) is 18.2 Å². The van der Waals surface area contributed by atoms with Crippen molar-refractivity contribution in [1.82, 2.24) is 4.90 Å². The van der Waals surface area contributed by atoms with Crippen molar-refractivity contribution in [3.8, 4) is 0 Å². The minimum atomic E-state index is 0.238. The number of likely N-dealkylation sites (tertiary alicyclic amines) is 1. The number of hydrogen-bond acceptors (Lipinski definition) is 2. The number of ether oxygens (including phenoxy) is 1. The molecule has 118 valence electrons. The molecule has 0 bridgehead atoms. The maximum absolute atomic E-state index is 12.3. The van der Waals surface area contributed by atoms with Gasteiger partial charge in [0, 0.05) is 31.5 Å². The van der Waals surface area contributed by atoms with Gasteiger partial charge in [0.15, 0.2) is 0 Å². The van der Waals surface area contributed by atoms with E-state index in [0.717, 1.165) is 39.1 Å². The summed E-state index contributed by atoms with van der Waals surface area (Å²) < 4.78 is 5.61. The van der Waals surface area contributed by atoms with Gasteiger partial charge in [-0.15, -0.1) is 0 Å². The van der Waals surface area contributed by atoms with Gasteiger partial charge >= 0.3 is 0 Å². The summed E-state index contributed by atoms with van der Waals surface area (Å²) >= 11 is 0. The van der Waals surface area contributed by atoms with Crippen molar-refractivity contribution < 1.29 is 9.53 Å². The highest BCUT2D eigenvalue weighted by Crippen LogP contribution is 2.38. The second kappa shape index (κ2) is 5.69. The van der Waals surface area contributed by atoms with Crippen molar-refractivity contribution in [3.63, 3.8) is 0 Å². The SMILES string of the molecule is O=C1CC[C@]2(CCOC2)CN1Cc1ccc2c(c1)CCCC2. The highest BCUT2D eigenvalue weighted by molar-refractivity contribution is 5.77. The normalized spacial score (nSPS) is 28.2. The average Bonchev–Trinajstić information content (AvgIpc) is 2.99. The molecule has 1 aromatic rings. The van der Waals surface area contributed by atoms with Gasteiger partial charge in [0.25, 0.3) is 0 Å². The van der Waals surface area contributed by atoms with Crippen molar-refractivity contribution in [1.29, 1.82) is 0 Å². The zero-order chi connectivity index (χ0) is 15.0. The summed E-state index contributed by atoms with van der Waals surface area (Å²) in [5.41, 5.74) is 4.56. The Balaban J connectivity index is 1.50. The largest absolute Gasteiger partial charge is 0.381 e. The zero-order valence-corrected chi connectivity index (χ0v) is 13.3. The first-order chi connectivity index (χ1) is 10.7. The second-order valence-electron chi connectivity index (χ2n) is 7.36. The number of aryl methyl sites for hydroxylation is 2. The van der Waals surface area contributed by atoms with Crippen LogP contribution in [-0.2, 0) is 28.9 Å². The second-order valence-corrected chi connectivity index (χ2v) is 7.36. The lowest BCUT2D eigenvalue weighted by Crippen LogP contribution is -2.46. The molecule has 1 aromatic carbocycles. The molecule has 1 aliphatic carbocycles. The molecule has 0 saturated carbocycles. The van der Waals surface area contributed by atoms with Crippen molar-refractivity contribution in [2.45, 2.75) is 51.5 Å². The third kappa shape index (κ3) is 2.67. The van der Waals surface area contributed by atoms with E-state index in [4.69, 9.17) is 4.74 Å². The minimum Gasteiger partial charge on any atom is -0.381 e. The van der Waals surface area contributed by atoms with Crippen LogP contribution in [0.3, 0.4) is 0 Å². The highest BCUT2D eigenvalue weighted by Gasteiger charge is 2.41.